The first-order valence-corrected chi connectivity index (χ1v) is 9.24. The average molecular weight is 397 g/mol. The van der Waals surface area contributed by atoms with Crippen LogP contribution in [0.1, 0.15) is 29.8 Å². The van der Waals surface area contributed by atoms with Crippen LogP contribution in [0.3, 0.4) is 0 Å². The number of anilines is 1. The van der Waals surface area contributed by atoms with Gasteiger partial charge in [0.1, 0.15) is 5.69 Å². The summed E-state index contributed by atoms with van der Waals surface area (Å²) in [5.41, 5.74) is 8.07. The van der Waals surface area contributed by atoms with Crippen LogP contribution in [0, 0.1) is 17.8 Å². The van der Waals surface area contributed by atoms with Gasteiger partial charge in [0.2, 0.25) is 5.91 Å². The molecule has 0 spiro atoms. The molecule has 0 saturated heterocycles. The largest absolute Gasteiger partial charge is 0.464 e. The van der Waals surface area contributed by atoms with Gasteiger partial charge in [0.05, 0.1) is 18.7 Å². The van der Waals surface area contributed by atoms with Crippen molar-refractivity contribution in [1.29, 1.82) is 0 Å². The fraction of sp³-hybridized carbons (Fsp3) is 0.471. The number of aromatic nitrogens is 2. The van der Waals surface area contributed by atoms with Crippen molar-refractivity contribution in [1.82, 2.24) is 9.97 Å². The molecule has 26 heavy (non-hydrogen) atoms. The molecular formula is C17H21ClN4O3S. The maximum absolute atomic E-state index is 12.6. The number of carbonyl (C=O) groups is 2. The molecule has 0 aliphatic heterocycles. The summed E-state index contributed by atoms with van der Waals surface area (Å²) in [6.07, 6.45) is 5.01. The number of rotatable bonds is 4. The summed E-state index contributed by atoms with van der Waals surface area (Å²) in [6.45, 7) is 0. The van der Waals surface area contributed by atoms with Gasteiger partial charge in [0, 0.05) is 23.2 Å². The highest BCUT2D eigenvalue weighted by Crippen LogP contribution is 2.48. The molecule has 1 amide bonds. The quantitative estimate of drug-likeness (QED) is 0.688. The Morgan fingerprint density at radius 3 is 2.85 bits per heavy atom. The molecule has 9 heteroatoms. The summed E-state index contributed by atoms with van der Waals surface area (Å²) in [4.78, 5) is 31.4. The monoisotopic (exact) mass is 396 g/mol. The van der Waals surface area contributed by atoms with E-state index in [4.69, 9.17) is 5.73 Å². The number of fused-ring (bicyclic) bond motifs is 2. The minimum absolute atomic E-state index is 0. The third kappa shape index (κ3) is 3.24. The van der Waals surface area contributed by atoms with E-state index in [-0.39, 0.29) is 30.3 Å². The van der Waals surface area contributed by atoms with Gasteiger partial charge in [-0.2, -0.15) is 0 Å². The van der Waals surface area contributed by atoms with E-state index < -0.39 is 5.97 Å². The molecule has 0 radical (unpaired) electrons. The number of hydrogen-bond donors (Lipinski definition) is 3. The summed E-state index contributed by atoms with van der Waals surface area (Å²) in [5, 5.41) is 5.32. The summed E-state index contributed by atoms with van der Waals surface area (Å²) >= 11 is 1.36. The Bertz CT molecular complexity index is 819. The summed E-state index contributed by atoms with van der Waals surface area (Å²) in [7, 11) is 1.33. The minimum atomic E-state index is -0.430. The summed E-state index contributed by atoms with van der Waals surface area (Å²) in [5.74, 6) is 0.338. The van der Waals surface area contributed by atoms with Crippen molar-refractivity contribution in [2.24, 2.45) is 23.5 Å². The summed E-state index contributed by atoms with van der Waals surface area (Å²) < 4.78 is 4.68. The van der Waals surface area contributed by atoms with Gasteiger partial charge < -0.3 is 20.8 Å². The third-order valence-electron chi connectivity index (χ3n) is 5.40. The first-order valence-electron chi connectivity index (χ1n) is 8.36. The molecule has 4 unspecified atom stereocenters. The molecule has 0 aromatic carbocycles. The highest BCUT2D eigenvalue weighted by molar-refractivity contribution is 7.14. The number of nitrogens with two attached hydrogens (primary N) is 1. The SMILES string of the molecule is COC(=O)c1cc(-c2csc(NC(=O)C3C4CCC(C4)C3N)n2)c[nH]1.Cl. The average Bonchev–Trinajstić information content (AvgIpc) is 3.36. The number of aromatic amines is 1. The minimum Gasteiger partial charge on any atom is -0.464 e. The number of nitrogens with one attached hydrogen (secondary N) is 2. The maximum atomic E-state index is 12.6. The first-order chi connectivity index (χ1) is 12.1. The Labute approximate surface area is 161 Å². The van der Waals surface area contributed by atoms with Crippen molar-refractivity contribution < 1.29 is 14.3 Å². The second kappa shape index (κ2) is 7.38. The van der Waals surface area contributed by atoms with Crippen LogP contribution in [0.15, 0.2) is 17.6 Å². The lowest BCUT2D eigenvalue weighted by atomic mass is 9.84. The second-order valence-corrected chi connectivity index (χ2v) is 7.62. The number of halogens is 1. The zero-order chi connectivity index (χ0) is 17.6. The molecule has 4 atom stereocenters. The molecule has 4 N–H and O–H groups in total. The number of esters is 1. The van der Waals surface area contributed by atoms with E-state index >= 15 is 0 Å². The normalized spacial score (nSPS) is 26.4. The summed E-state index contributed by atoms with van der Waals surface area (Å²) in [6, 6.07) is 1.64. The van der Waals surface area contributed by atoms with Crippen LogP contribution < -0.4 is 11.1 Å². The van der Waals surface area contributed by atoms with Gasteiger partial charge in [0.25, 0.3) is 0 Å². The van der Waals surface area contributed by atoms with Gasteiger partial charge in [-0.25, -0.2) is 9.78 Å². The van der Waals surface area contributed by atoms with Crippen LogP contribution in [0.5, 0.6) is 0 Å². The van der Waals surface area contributed by atoms with Gasteiger partial charge in [0.15, 0.2) is 5.13 Å². The van der Waals surface area contributed by atoms with Crippen molar-refractivity contribution in [3.8, 4) is 11.3 Å². The predicted octanol–water partition coefficient (Wildman–Crippen LogP) is 2.66. The van der Waals surface area contributed by atoms with Crippen LogP contribution >= 0.6 is 23.7 Å². The Balaban J connectivity index is 0.00000196. The van der Waals surface area contributed by atoms with Crippen LogP contribution in [-0.4, -0.2) is 35.0 Å². The second-order valence-electron chi connectivity index (χ2n) is 6.76. The van der Waals surface area contributed by atoms with E-state index in [1.165, 1.54) is 18.4 Å². The Hall–Kier alpha value is -1.90. The zero-order valence-corrected chi connectivity index (χ0v) is 15.9. The first kappa shape index (κ1) is 18.9. The molecule has 2 fully saturated rings. The molecule has 2 aliphatic carbocycles. The van der Waals surface area contributed by atoms with E-state index in [9.17, 15) is 9.59 Å². The number of methoxy groups -OCH3 is 1. The lowest BCUT2D eigenvalue weighted by molar-refractivity contribution is -0.121. The molecular weight excluding hydrogens is 376 g/mol. The van der Waals surface area contributed by atoms with Crippen LogP contribution in [0.2, 0.25) is 0 Å². The van der Waals surface area contributed by atoms with Crippen molar-refractivity contribution in [2.45, 2.75) is 25.3 Å². The molecule has 7 nitrogen and oxygen atoms in total. The zero-order valence-electron chi connectivity index (χ0n) is 14.2. The number of amides is 1. The van der Waals surface area contributed by atoms with E-state index in [2.05, 4.69) is 20.0 Å². The van der Waals surface area contributed by atoms with E-state index in [1.54, 1.807) is 12.3 Å². The number of thiazole rings is 1. The van der Waals surface area contributed by atoms with Crippen molar-refractivity contribution in [3.63, 3.8) is 0 Å². The standard InChI is InChI=1S/C17H20N4O3S.ClH/c1-24-16(23)11-5-10(6-19-11)12-7-25-17(20-12)21-15(22)13-8-2-3-9(4-8)14(13)18;/h5-9,13-14,19H,2-4,18H2,1H3,(H,20,21,22);1H. The highest BCUT2D eigenvalue weighted by Gasteiger charge is 2.49. The highest BCUT2D eigenvalue weighted by atomic mass is 35.5. The smallest absolute Gasteiger partial charge is 0.354 e. The van der Waals surface area contributed by atoms with Gasteiger partial charge in [-0.15, -0.1) is 23.7 Å². The Morgan fingerprint density at radius 1 is 1.38 bits per heavy atom. The van der Waals surface area contributed by atoms with Crippen molar-refractivity contribution in [2.75, 3.05) is 12.4 Å². The lowest BCUT2D eigenvalue weighted by Gasteiger charge is -2.26. The molecule has 4 rings (SSSR count). The number of ether oxygens (including phenoxy) is 1. The Morgan fingerprint density at radius 2 is 2.15 bits per heavy atom. The number of nitrogens with zero attached hydrogens (tertiary/aromatic N) is 1. The number of H-pyrrole nitrogens is 1. The van der Waals surface area contributed by atoms with Gasteiger partial charge in [-0.1, -0.05) is 0 Å². The molecule has 2 bridgehead atoms. The van der Waals surface area contributed by atoms with Crippen LogP contribution in [0.25, 0.3) is 11.3 Å². The van der Waals surface area contributed by atoms with Crippen molar-refractivity contribution >= 4 is 40.8 Å². The van der Waals surface area contributed by atoms with Crippen LogP contribution in [0.4, 0.5) is 5.13 Å². The van der Waals surface area contributed by atoms with Crippen LogP contribution in [-0.2, 0) is 9.53 Å². The predicted molar refractivity (Wildman–Crippen MR) is 101 cm³/mol. The Kier molecular flexibility index (Phi) is 5.36. The molecule has 2 aromatic rings. The molecule has 2 saturated carbocycles. The van der Waals surface area contributed by atoms with E-state index in [0.717, 1.165) is 24.8 Å². The topological polar surface area (TPSA) is 110 Å². The van der Waals surface area contributed by atoms with Gasteiger partial charge in [-0.05, 0) is 37.2 Å². The van der Waals surface area contributed by atoms with E-state index in [0.29, 0.717) is 28.4 Å². The number of carbonyl (C=O) groups excluding carboxylic acids is 2. The van der Waals surface area contributed by atoms with Crippen molar-refractivity contribution in [3.05, 3.63) is 23.3 Å². The van der Waals surface area contributed by atoms with Gasteiger partial charge in [-0.3, -0.25) is 4.79 Å². The molecule has 2 aromatic heterocycles. The molecule has 2 heterocycles. The molecule has 140 valence electrons. The molecule has 2 aliphatic rings. The fourth-order valence-electron chi connectivity index (χ4n) is 4.15. The lowest BCUT2D eigenvalue weighted by Crippen LogP contribution is -2.42. The maximum Gasteiger partial charge on any atom is 0.354 e. The van der Waals surface area contributed by atoms with E-state index in [1.807, 2.05) is 5.38 Å². The van der Waals surface area contributed by atoms with Gasteiger partial charge >= 0.3 is 5.97 Å². The third-order valence-corrected chi connectivity index (χ3v) is 6.16. The number of hydrogen-bond acceptors (Lipinski definition) is 6. The fourth-order valence-corrected chi connectivity index (χ4v) is 4.87.